The molecule has 0 radical (unpaired) electrons. The van der Waals surface area contributed by atoms with Gasteiger partial charge in [-0.15, -0.1) is 0 Å². The second-order valence-electron chi connectivity index (χ2n) is 27.5. The highest BCUT2D eigenvalue weighted by molar-refractivity contribution is 6.00. The maximum Gasteiger partial charge on any atom is 0.419 e. The van der Waals surface area contributed by atoms with Crippen LogP contribution in [0.5, 0.6) is 0 Å². The van der Waals surface area contributed by atoms with Crippen LogP contribution in [0.15, 0.2) is 42.5 Å². The molecule has 3 aliphatic heterocycles. The maximum absolute atomic E-state index is 15.2. The van der Waals surface area contributed by atoms with Crippen LogP contribution >= 0.6 is 0 Å². The van der Waals surface area contributed by atoms with E-state index in [2.05, 4.69) is 16.0 Å². The van der Waals surface area contributed by atoms with Crippen LogP contribution in [0.1, 0.15) is 155 Å². The second kappa shape index (κ2) is 32.4. The molecule has 3 saturated heterocycles. The summed E-state index contributed by atoms with van der Waals surface area (Å²) in [6.07, 6.45) is -2.71. The molecule has 1 aliphatic carbocycles. The summed E-state index contributed by atoms with van der Waals surface area (Å²) in [4.78, 5) is 173. The third-order valence-electron chi connectivity index (χ3n) is 20.3. The molecule has 26 heteroatoms. The van der Waals surface area contributed by atoms with E-state index in [1.807, 2.05) is 53.7 Å². The van der Waals surface area contributed by atoms with Crippen molar-refractivity contribution in [3.05, 3.63) is 70.5 Å². The number of rotatable bonds is 11. The number of halogens is 4. The number of hydrogen-bond acceptors (Lipinski definition) is 11. The van der Waals surface area contributed by atoms with Gasteiger partial charge in [0.2, 0.25) is 65.0 Å². The monoisotopic (exact) mass is 1340 g/mol. The van der Waals surface area contributed by atoms with Gasteiger partial charge in [-0.25, -0.2) is 4.39 Å². The molecule has 4 fully saturated rings. The van der Waals surface area contributed by atoms with Crippen molar-refractivity contribution in [1.29, 1.82) is 0 Å². The summed E-state index contributed by atoms with van der Waals surface area (Å²) in [5.74, 6) is -9.55. The molecular weight excluding hydrogens is 1230 g/mol. The van der Waals surface area contributed by atoms with Gasteiger partial charge in [-0.3, -0.25) is 52.7 Å². The number of carbonyl (C=O) groups excluding carboxylic acids is 11. The molecule has 2 aromatic rings. The van der Waals surface area contributed by atoms with Gasteiger partial charge in [-0.05, 0) is 113 Å². The minimum atomic E-state index is -5.00. The first-order chi connectivity index (χ1) is 44.5. The molecule has 95 heavy (non-hydrogen) atoms. The molecular formula is C69H101F4N11O11. The summed E-state index contributed by atoms with van der Waals surface area (Å²) >= 11 is 0. The zero-order chi connectivity index (χ0) is 70.9. The van der Waals surface area contributed by atoms with Gasteiger partial charge >= 0.3 is 6.18 Å². The van der Waals surface area contributed by atoms with E-state index >= 15 is 14.0 Å². The lowest BCUT2D eigenvalue weighted by Crippen LogP contribution is -2.65. The van der Waals surface area contributed by atoms with Crippen LogP contribution in [0.2, 0.25) is 0 Å². The topological polar surface area (TPSA) is 250 Å². The highest BCUT2D eigenvalue weighted by Crippen LogP contribution is 2.36. The van der Waals surface area contributed by atoms with E-state index in [1.165, 1.54) is 83.5 Å². The van der Waals surface area contributed by atoms with Crippen LogP contribution in [0.4, 0.5) is 17.6 Å². The van der Waals surface area contributed by atoms with E-state index in [4.69, 9.17) is 0 Å². The average Bonchev–Trinajstić information content (AvgIpc) is 1.77. The van der Waals surface area contributed by atoms with E-state index in [0.29, 0.717) is 49.8 Å². The number of nitrogens with zero attached hydrogens (tertiary/aromatic N) is 8. The molecule has 4 aliphatic rings. The summed E-state index contributed by atoms with van der Waals surface area (Å²) in [5.41, 5.74) is -1.42. The van der Waals surface area contributed by atoms with E-state index in [1.54, 1.807) is 26.0 Å². The number of hydrogen-bond donors (Lipinski definition) is 3. The number of nitrogens with one attached hydrogen (secondary N) is 3. The first-order valence-electron chi connectivity index (χ1n) is 33.5. The number of fused-ring (bicyclic) bond motifs is 2. The molecule has 0 aromatic heterocycles. The van der Waals surface area contributed by atoms with Crippen LogP contribution in [-0.4, -0.2) is 226 Å². The zero-order valence-corrected chi connectivity index (χ0v) is 58.1. The van der Waals surface area contributed by atoms with Crippen molar-refractivity contribution in [3.8, 4) is 0 Å². The Morgan fingerprint density at radius 1 is 0.621 bits per heavy atom. The SMILES string of the molecule is CC[C@H](C)[C@@H]1NC(=O)[C@H](CC(C)C)N(C)C(=O)C[C@@H](C)N(C)C(=O)[C@H]([C@@H](C)CC)N(C)C(=O)C2(CCCC2)NC(=O)[C@@H]2CCCN2C(=O)[C@H](CCc2ccc(C(F)(F)F)c(F)c2)NC(=O)CN(C)C(=O)[C@H](Cc2ccc(C)cc2)N(C)C(=O)[C@@H]2CCN2C(=O)[C@H](C)N(C)C1=O. The van der Waals surface area contributed by atoms with Crippen molar-refractivity contribution in [2.24, 2.45) is 17.8 Å². The third kappa shape index (κ3) is 17.9. The van der Waals surface area contributed by atoms with Gasteiger partial charge in [-0.1, -0.05) is 103 Å². The van der Waals surface area contributed by atoms with E-state index in [9.17, 15) is 56.3 Å². The molecule has 0 bridgehead atoms. The Hall–Kier alpha value is -7.67. The molecule has 11 atom stereocenters. The van der Waals surface area contributed by atoms with Crippen LogP contribution < -0.4 is 16.0 Å². The minimum absolute atomic E-state index is 0.00787. The highest BCUT2D eigenvalue weighted by atomic mass is 19.4. The first kappa shape index (κ1) is 76.3. The van der Waals surface area contributed by atoms with Crippen LogP contribution in [0.25, 0.3) is 0 Å². The summed E-state index contributed by atoms with van der Waals surface area (Å²) in [6.45, 7) is 15.6. The third-order valence-corrected chi connectivity index (χ3v) is 20.3. The lowest BCUT2D eigenvalue weighted by molar-refractivity contribution is -0.160. The van der Waals surface area contributed by atoms with Crippen molar-refractivity contribution >= 4 is 65.0 Å². The Kier molecular flexibility index (Phi) is 26.0. The molecule has 526 valence electrons. The Bertz CT molecular complexity index is 3140. The number of likely N-dealkylation sites (N-methyl/N-ethyl adjacent to an activating group) is 6. The van der Waals surface area contributed by atoms with E-state index < -0.39 is 161 Å². The number of alkyl halides is 3. The fourth-order valence-corrected chi connectivity index (χ4v) is 13.4. The number of benzene rings is 2. The average molecular weight is 1340 g/mol. The standard InChI is InChI=1S/C69H101F4N11O11/c1-16-42(6)57-65(93)79(12)45(9)61(89)84-34-30-52(84)64(92)81(14)54(38-47-24-22-41(5)23-25-47)63(91)77(10)39-55(85)74-50(29-27-46-26-28-48(49(70)37-46)69(71,72)73)62(90)83-33-20-21-51(83)60(88)76-68(31-18-19-32-68)67(95)82(15)58(43(7)17-2)66(94)78(11)44(8)36-56(86)80(13)53(35-40(3)4)59(87)75-57/h22-26,28,37,40,42-45,50-54,57-58H,16-21,27,29-36,38-39H2,1-15H3,(H,74,85)(H,75,87)(H,76,88)/t42-,43-,44+,45-,50-,51-,52-,53-,54-,57-,58-/m0/s1. The van der Waals surface area contributed by atoms with Crippen LogP contribution in [0, 0.1) is 30.5 Å². The number of amides is 11. The Labute approximate surface area is 556 Å². The van der Waals surface area contributed by atoms with Crippen molar-refractivity contribution in [1.82, 2.24) is 55.1 Å². The summed E-state index contributed by atoms with van der Waals surface area (Å²) < 4.78 is 56.0. The second-order valence-corrected chi connectivity index (χ2v) is 27.5. The van der Waals surface area contributed by atoms with Crippen molar-refractivity contribution in [3.63, 3.8) is 0 Å². The molecule has 11 amide bonds. The minimum Gasteiger partial charge on any atom is -0.343 e. The van der Waals surface area contributed by atoms with Crippen molar-refractivity contribution in [2.45, 2.75) is 218 Å². The predicted octanol–water partition coefficient (Wildman–Crippen LogP) is 5.49. The molecule has 1 saturated carbocycles. The van der Waals surface area contributed by atoms with Gasteiger partial charge in [0, 0.05) is 74.3 Å². The van der Waals surface area contributed by atoms with Crippen molar-refractivity contribution in [2.75, 3.05) is 61.9 Å². The van der Waals surface area contributed by atoms with Gasteiger partial charge in [0.15, 0.2) is 0 Å². The van der Waals surface area contributed by atoms with Gasteiger partial charge in [0.1, 0.15) is 59.7 Å². The van der Waals surface area contributed by atoms with Gasteiger partial charge in [0.25, 0.3) is 0 Å². The summed E-state index contributed by atoms with van der Waals surface area (Å²) in [7, 11) is 8.67. The fourth-order valence-electron chi connectivity index (χ4n) is 13.4. The quantitative estimate of drug-likeness (QED) is 0.237. The van der Waals surface area contributed by atoms with E-state index in [0.717, 1.165) is 16.5 Å². The van der Waals surface area contributed by atoms with E-state index in [-0.39, 0.29) is 82.4 Å². The molecule has 0 unspecified atom stereocenters. The molecule has 22 nitrogen and oxygen atoms in total. The van der Waals surface area contributed by atoms with Crippen LogP contribution in [-0.2, 0) is 71.8 Å². The van der Waals surface area contributed by atoms with Crippen molar-refractivity contribution < 1.29 is 70.3 Å². The summed E-state index contributed by atoms with van der Waals surface area (Å²) in [6, 6.07) is -0.797. The number of aryl methyl sites for hydroxylation is 2. The normalized spacial score (nSPS) is 26.8. The Balaban J connectivity index is 1.41. The van der Waals surface area contributed by atoms with Crippen LogP contribution in [0.3, 0.4) is 0 Å². The lowest BCUT2D eigenvalue weighted by atomic mass is 9.90. The Morgan fingerprint density at radius 2 is 1.23 bits per heavy atom. The fraction of sp³-hybridized carbons (Fsp3) is 0.667. The van der Waals surface area contributed by atoms with Gasteiger partial charge < -0.3 is 55.1 Å². The molecule has 3 N–H and O–H groups in total. The number of carbonyl (C=O) groups is 11. The largest absolute Gasteiger partial charge is 0.419 e. The molecule has 2 aromatic carbocycles. The lowest BCUT2D eigenvalue weighted by Gasteiger charge is -2.45. The Morgan fingerprint density at radius 3 is 1.80 bits per heavy atom. The molecule has 6 rings (SSSR count). The first-order valence-corrected chi connectivity index (χ1v) is 33.5. The highest BCUT2D eigenvalue weighted by Gasteiger charge is 2.51. The predicted molar refractivity (Wildman–Crippen MR) is 347 cm³/mol. The molecule has 3 heterocycles. The van der Waals surface area contributed by atoms with Gasteiger partial charge in [-0.2, -0.15) is 13.2 Å². The smallest absolute Gasteiger partial charge is 0.343 e. The summed E-state index contributed by atoms with van der Waals surface area (Å²) in [5, 5.41) is 8.63. The maximum atomic E-state index is 15.2. The molecule has 1 spiro atoms. The van der Waals surface area contributed by atoms with Gasteiger partial charge in [0.05, 0.1) is 12.1 Å². The zero-order valence-electron chi connectivity index (χ0n) is 58.1.